The van der Waals surface area contributed by atoms with Gasteiger partial charge in [-0.3, -0.25) is 9.65 Å². The molecule has 1 atom stereocenters. The molecular formula is C27H26NOPS. The van der Waals surface area contributed by atoms with Crippen LogP contribution in [0.3, 0.4) is 0 Å². The fourth-order valence-electron chi connectivity index (χ4n) is 3.59. The summed E-state index contributed by atoms with van der Waals surface area (Å²) in [4.78, 5) is 1.22. The van der Waals surface area contributed by atoms with E-state index in [-0.39, 0.29) is 6.04 Å². The summed E-state index contributed by atoms with van der Waals surface area (Å²) in [6, 6.07) is 40.5. The van der Waals surface area contributed by atoms with Gasteiger partial charge in [-0.2, -0.15) is 0 Å². The lowest BCUT2D eigenvalue weighted by Crippen LogP contribution is -2.38. The maximum atomic E-state index is 14.5. The van der Waals surface area contributed by atoms with E-state index in [2.05, 4.69) is 53.6 Å². The summed E-state index contributed by atoms with van der Waals surface area (Å²) in [5, 5.41) is 5.29. The van der Waals surface area contributed by atoms with Gasteiger partial charge in [0, 0.05) is 27.3 Å². The van der Waals surface area contributed by atoms with Crippen LogP contribution in [0.25, 0.3) is 0 Å². The van der Waals surface area contributed by atoms with Crippen LogP contribution in [-0.2, 0) is 11.0 Å². The van der Waals surface area contributed by atoms with Crippen molar-refractivity contribution in [1.82, 2.24) is 5.09 Å². The quantitative estimate of drug-likeness (QED) is 0.258. The van der Waals surface area contributed by atoms with E-state index in [1.54, 1.807) is 11.8 Å². The highest BCUT2D eigenvalue weighted by molar-refractivity contribution is 7.99. The number of rotatable bonds is 9. The van der Waals surface area contributed by atoms with Crippen LogP contribution in [0.4, 0.5) is 0 Å². The Balaban J connectivity index is 1.65. The van der Waals surface area contributed by atoms with Crippen molar-refractivity contribution >= 4 is 29.7 Å². The van der Waals surface area contributed by atoms with Crippen LogP contribution in [0.1, 0.15) is 5.56 Å². The Morgan fingerprint density at radius 2 is 1.10 bits per heavy atom. The Hall–Kier alpha value is -2.58. The van der Waals surface area contributed by atoms with Crippen LogP contribution in [-0.4, -0.2) is 11.8 Å². The average Bonchev–Trinajstić information content (AvgIpc) is 2.85. The lowest BCUT2D eigenvalue weighted by molar-refractivity contribution is 0.564. The predicted molar refractivity (Wildman–Crippen MR) is 134 cm³/mol. The van der Waals surface area contributed by atoms with Crippen LogP contribution in [0.2, 0.25) is 0 Å². The summed E-state index contributed by atoms with van der Waals surface area (Å²) in [6.07, 6.45) is 0.810. The topological polar surface area (TPSA) is 29.1 Å². The molecule has 2 nitrogen and oxygen atoms in total. The summed E-state index contributed by atoms with van der Waals surface area (Å²) in [5.74, 6) is 0.822. The molecule has 0 aliphatic heterocycles. The molecule has 0 heterocycles. The Morgan fingerprint density at radius 1 is 0.645 bits per heavy atom. The van der Waals surface area contributed by atoms with Crippen molar-refractivity contribution in [2.24, 2.45) is 0 Å². The Kier molecular flexibility index (Phi) is 7.43. The minimum atomic E-state index is -3.00. The average molecular weight is 444 g/mol. The van der Waals surface area contributed by atoms with Crippen molar-refractivity contribution in [3.63, 3.8) is 0 Å². The largest absolute Gasteiger partial charge is 0.297 e. The number of hydrogen-bond acceptors (Lipinski definition) is 2. The predicted octanol–water partition coefficient (Wildman–Crippen LogP) is 5.91. The monoisotopic (exact) mass is 443 g/mol. The lowest BCUT2D eigenvalue weighted by Gasteiger charge is -2.27. The molecular weight excluding hydrogens is 417 g/mol. The third kappa shape index (κ3) is 5.77. The van der Waals surface area contributed by atoms with E-state index < -0.39 is 7.29 Å². The summed E-state index contributed by atoms with van der Waals surface area (Å²) in [6.45, 7) is 0. The first-order valence-electron chi connectivity index (χ1n) is 10.4. The highest BCUT2D eigenvalue weighted by Crippen LogP contribution is 2.40. The molecule has 0 spiro atoms. The first kappa shape index (κ1) is 21.6. The van der Waals surface area contributed by atoms with Crippen molar-refractivity contribution in [3.05, 3.63) is 127 Å². The van der Waals surface area contributed by atoms with Gasteiger partial charge in [0.05, 0.1) is 0 Å². The SMILES string of the molecule is O=P(N[C@H](CSc1ccccc1)Cc1ccccc1)(c1ccccc1)c1ccccc1. The van der Waals surface area contributed by atoms with E-state index in [0.717, 1.165) is 22.8 Å². The van der Waals surface area contributed by atoms with Crippen molar-refractivity contribution in [3.8, 4) is 0 Å². The molecule has 4 rings (SSSR count). The third-order valence-corrected chi connectivity index (χ3v) is 9.08. The third-order valence-electron chi connectivity index (χ3n) is 5.12. The first-order chi connectivity index (χ1) is 15.2. The van der Waals surface area contributed by atoms with Gasteiger partial charge in [0.15, 0.2) is 0 Å². The van der Waals surface area contributed by atoms with Crippen molar-refractivity contribution in [2.75, 3.05) is 5.75 Å². The van der Waals surface area contributed by atoms with Gasteiger partial charge in [0.25, 0.3) is 0 Å². The lowest BCUT2D eigenvalue weighted by atomic mass is 10.1. The molecule has 0 bridgehead atoms. The van der Waals surface area contributed by atoms with E-state index in [1.807, 2.05) is 72.8 Å². The van der Waals surface area contributed by atoms with Crippen LogP contribution < -0.4 is 15.7 Å². The molecule has 0 saturated carbocycles. The van der Waals surface area contributed by atoms with Gasteiger partial charge in [0.2, 0.25) is 7.29 Å². The maximum absolute atomic E-state index is 14.5. The molecule has 0 amide bonds. The first-order valence-corrected chi connectivity index (χ1v) is 13.1. The molecule has 0 fully saturated rings. The molecule has 156 valence electrons. The Bertz CT molecular complexity index is 1060. The van der Waals surface area contributed by atoms with Gasteiger partial charge in [-0.25, -0.2) is 0 Å². The zero-order valence-corrected chi connectivity index (χ0v) is 19.0. The smallest absolute Gasteiger partial charge is 0.204 e. The van der Waals surface area contributed by atoms with Gasteiger partial charge in [-0.1, -0.05) is 84.9 Å². The summed E-state index contributed by atoms with van der Waals surface area (Å²) < 4.78 is 14.5. The van der Waals surface area contributed by atoms with Crippen LogP contribution in [0.5, 0.6) is 0 Å². The second-order valence-electron chi connectivity index (χ2n) is 7.42. The number of thioether (sulfide) groups is 1. The normalized spacial score (nSPS) is 12.4. The molecule has 0 aliphatic rings. The van der Waals surface area contributed by atoms with Crippen molar-refractivity contribution < 1.29 is 4.57 Å². The van der Waals surface area contributed by atoms with E-state index in [0.29, 0.717) is 0 Å². The minimum absolute atomic E-state index is 0.0406. The Labute approximate surface area is 189 Å². The molecule has 4 aromatic rings. The molecule has 4 heteroatoms. The Morgan fingerprint density at radius 3 is 1.61 bits per heavy atom. The van der Waals surface area contributed by atoms with Crippen molar-refractivity contribution in [2.45, 2.75) is 17.4 Å². The van der Waals surface area contributed by atoms with E-state index >= 15 is 0 Å². The van der Waals surface area contributed by atoms with Gasteiger partial charge in [-0.05, 0) is 48.4 Å². The van der Waals surface area contributed by atoms with Crippen molar-refractivity contribution in [1.29, 1.82) is 0 Å². The zero-order chi connectivity index (χ0) is 21.4. The number of benzene rings is 4. The molecule has 0 aliphatic carbocycles. The molecule has 0 unspecified atom stereocenters. The molecule has 31 heavy (non-hydrogen) atoms. The second-order valence-corrected chi connectivity index (χ2v) is 11.0. The van der Waals surface area contributed by atoms with Crippen LogP contribution in [0, 0.1) is 0 Å². The number of nitrogens with one attached hydrogen (secondary N) is 1. The second kappa shape index (κ2) is 10.6. The van der Waals surface area contributed by atoms with Gasteiger partial charge in [-0.15, -0.1) is 11.8 Å². The van der Waals surface area contributed by atoms with Crippen LogP contribution in [0.15, 0.2) is 126 Å². The van der Waals surface area contributed by atoms with Crippen LogP contribution >= 0.6 is 19.1 Å². The molecule has 0 saturated heterocycles. The molecule has 4 aromatic carbocycles. The summed E-state index contributed by atoms with van der Waals surface area (Å²) in [7, 11) is -3.00. The van der Waals surface area contributed by atoms with Gasteiger partial charge >= 0.3 is 0 Å². The summed E-state index contributed by atoms with van der Waals surface area (Å²) >= 11 is 1.80. The highest BCUT2D eigenvalue weighted by Gasteiger charge is 2.30. The van der Waals surface area contributed by atoms with E-state index in [4.69, 9.17) is 0 Å². The molecule has 0 aromatic heterocycles. The van der Waals surface area contributed by atoms with Gasteiger partial charge < -0.3 is 0 Å². The molecule has 1 N–H and O–H groups in total. The summed E-state index contributed by atoms with van der Waals surface area (Å²) in [5.41, 5.74) is 1.24. The fraction of sp³-hybridized carbons (Fsp3) is 0.111. The van der Waals surface area contributed by atoms with Gasteiger partial charge in [0.1, 0.15) is 0 Å². The fourth-order valence-corrected chi connectivity index (χ4v) is 7.13. The maximum Gasteiger partial charge on any atom is 0.204 e. The van der Waals surface area contributed by atoms with E-state index in [9.17, 15) is 4.57 Å². The number of hydrogen-bond donors (Lipinski definition) is 1. The standard InChI is InChI=1S/C27H26NOPS/c29-30(25-15-7-2-8-16-25,26-17-9-3-10-18-26)28-24(21-23-13-5-1-6-14-23)22-31-27-19-11-4-12-20-27/h1-20,24H,21-22H2,(H,28,29)/t24-/m0/s1. The zero-order valence-electron chi connectivity index (χ0n) is 17.3. The molecule has 0 radical (unpaired) electrons. The van der Waals surface area contributed by atoms with E-state index in [1.165, 1.54) is 10.5 Å². The highest BCUT2D eigenvalue weighted by atomic mass is 32.2. The minimum Gasteiger partial charge on any atom is -0.297 e.